The largest absolute Gasteiger partial charge is 0.458 e. The van der Waals surface area contributed by atoms with Gasteiger partial charge in [0.15, 0.2) is 0 Å². The minimum atomic E-state index is -0.281. The van der Waals surface area contributed by atoms with Gasteiger partial charge in [0, 0.05) is 5.41 Å². The molecule has 0 fully saturated rings. The van der Waals surface area contributed by atoms with E-state index in [1.54, 1.807) is 18.2 Å². The molecule has 1 N–H and O–H groups in total. The minimum absolute atomic E-state index is 0.0291. The van der Waals surface area contributed by atoms with E-state index in [-0.39, 0.29) is 17.8 Å². The third-order valence-corrected chi connectivity index (χ3v) is 2.97. The number of benzene rings is 1. The van der Waals surface area contributed by atoms with Gasteiger partial charge < -0.3 is 9.84 Å². The number of hydrogen-bond donors (Lipinski definition) is 1. The van der Waals surface area contributed by atoms with Crippen molar-refractivity contribution < 1.29 is 14.2 Å². The Hall–Kier alpha value is -1.87. The number of hydrogen-bond acceptors (Lipinski definition) is 2. The van der Waals surface area contributed by atoms with Gasteiger partial charge in [0.1, 0.15) is 17.3 Å². The molecule has 19 heavy (non-hydrogen) atoms. The van der Waals surface area contributed by atoms with Gasteiger partial charge in [-0.25, -0.2) is 4.39 Å². The molecule has 1 aromatic carbocycles. The Morgan fingerprint density at radius 2 is 2.11 bits per heavy atom. The second-order valence-electron chi connectivity index (χ2n) is 4.80. The lowest BCUT2D eigenvalue weighted by Crippen LogP contribution is -2.14. The van der Waals surface area contributed by atoms with Crippen molar-refractivity contribution in [3.05, 3.63) is 66.2 Å². The SMILES string of the molecule is C[C@@]1(/C=C/CO)C=C(Oc2ccc(F)cc2)C=CC1. The van der Waals surface area contributed by atoms with E-state index in [0.29, 0.717) is 5.75 Å². The molecule has 3 heteroatoms. The van der Waals surface area contributed by atoms with Crippen molar-refractivity contribution in [2.75, 3.05) is 6.61 Å². The van der Waals surface area contributed by atoms with Crippen molar-refractivity contribution >= 4 is 0 Å². The number of ether oxygens (including phenoxy) is 1. The van der Waals surface area contributed by atoms with Crippen LogP contribution in [0.5, 0.6) is 5.75 Å². The minimum Gasteiger partial charge on any atom is -0.458 e. The van der Waals surface area contributed by atoms with Crippen molar-refractivity contribution in [3.63, 3.8) is 0 Å². The van der Waals surface area contributed by atoms with Gasteiger partial charge in [0.2, 0.25) is 0 Å². The summed E-state index contributed by atoms with van der Waals surface area (Å²) in [6, 6.07) is 5.93. The highest BCUT2D eigenvalue weighted by Crippen LogP contribution is 2.32. The van der Waals surface area contributed by atoms with Gasteiger partial charge in [0.25, 0.3) is 0 Å². The lowest BCUT2D eigenvalue weighted by atomic mass is 9.83. The van der Waals surface area contributed by atoms with E-state index in [2.05, 4.69) is 6.92 Å². The summed E-state index contributed by atoms with van der Waals surface area (Å²) in [4.78, 5) is 0. The predicted molar refractivity (Wildman–Crippen MR) is 73.2 cm³/mol. The molecule has 2 nitrogen and oxygen atoms in total. The summed E-state index contributed by atoms with van der Waals surface area (Å²) in [5.41, 5.74) is -0.160. The summed E-state index contributed by atoms with van der Waals surface area (Å²) < 4.78 is 18.5. The fourth-order valence-electron chi connectivity index (χ4n) is 2.00. The van der Waals surface area contributed by atoms with Gasteiger partial charge in [-0.05, 0) is 42.8 Å². The van der Waals surface area contributed by atoms with Crippen molar-refractivity contribution in [2.45, 2.75) is 13.3 Å². The molecule has 0 amide bonds. The van der Waals surface area contributed by atoms with Crippen molar-refractivity contribution in [2.24, 2.45) is 5.41 Å². The first kappa shape index (κ1) is 13.6. The molecule has 1 aromatic rings. The number of halogens is 1. The third-order valence-electron chi connectivity index (χ3n) is 2.97. The fourth-order valence-corrected chi connectivity index (χ4v) is 2.00. The molecule has 0 heterocycles. The summed E-state index contributed by atoms with van der Waals surface area (Å²) in [6.07, 6.45) is 10.5. The van der Waals surface area contributed by atoms with Crippen LogP contribution in [0.3, 0.4) is 0 Å². The molecule has 0 saturated heterocycles. The molecule has 0 radical (unpaired) electrons. The molecule has 0 unspecified atom stereocenters. The van der Waals surface area contributed by atoms with Gasteiger partial charge in [0.05, 0.1) is 6.61 Å². The summed E-state index contributed by atoms with van der Waals surface area (Å²) in [6.45, 7) is 2.10. The summed E-state index contributed by atoms with van der Waals surface area (Å²) in [7, 11) is 0. The van der Waals surface area contributed by atoms with Crippen LogP contribution in [-0.4, -0.2) is 11.7 Å². The van der Waals surface area contributed by atoms with Crippen LogP contribution in [0.15, 0.2) is 60.4 Å². The van der Waals surface area contributed by atoms with Crippen LogP contribution in [-0.2, 0) is 0 Å². The normalized spacial score (nSPS) is 22.6. The van der Waals surface area contributed by atoms with Crippen LogP contribution in [0.4, 0.5) is 4.39 Å². The highest BCUT2D eigenvalue weighted by Gasteiger charge is 2.20. The van der Waals surface area contributed by atoms with Gasteiger partial charge >= 0.3 is 0 Å². The van der Waals surface area contributed by atoms with Gasteiger partial charge in [-0.15, -0.1) is 0 Å². The maximum atomic E-state index is 12.8. The lowest BCUT2D eigenvalue weighted by molar-refractivity contribution is 0.340. The van der Waals surface area contributed by atoms with Crippen LogP contribution >= 0.6 is 0 Å². The Morgan fingerprint density at radius 3 is 2.79 bits per heavy atom. The Labute approximate surface area is 112 Å². The molecular weight excluding hydrogens is 243 g/mol. The molecule has 1 aliphatic carbocycles. The molecule has 0 aliphatic heterocycles. The zero-order chi connectivity index (χ0) is 13.7. The van der Waals surface area contributed by atoms with Crippen LogP contribution in [0, 0.1) is 11.2 Å². The van der Waals surface area contributed by atoms with E-state index in [0.717, 1.165) is 12.2 Å². The first-order valence-corrected chi connectivity index (χ1v) is 6.23. The highest BCUT2D eigenvalue weighted by molar-refractivity contribution is 5.31. The second-order valence-corrected chi connectivity index (χ2v) is 4.80. The average molecular weight is 260 g/mol. The summed E-state index contributed by atoms with van der Waals surface area (Å²) in [5, 5.41) is 8.85. The number of allylic oxidation sites excluding steroid dienone is 4. The van der Waals surface area contributed by atoms with Crippen LogP contribution in [0.25, 0.3) is 0 Å². The maximum Gasteiger partial charge on any atom is 0.127 e. The summed E-state index contributed by atoms with van der Waals surface area (Å²) >= 11 is 0. The molecule has 2 rings (SSSR count). The van der Waals surface area contributed by atoms with Gasteiger partial charge in [-0.2, -0.15) is 0 Å². The molecule has 100 valence electrons. The van der Waals surface area contributed by atoms with E-state index >= 15 is 0 Å². The van der Waals surface area contributed by atoms with Crippen molar-refractivity contribution in [1.29, 1.82) is 0 Å². The maximum absolute atomic E-state index is 12.8. The zero-order valence-electron chi connectivity index (χ0n) is 10.8. The lowest BCUT2D eigenvalue weighted by Gasteiger charge is -2.24. The van der Waals surface area contributed by atoms with E-state index in [9.17, 15) is 4.39 Å². The Balaban J connectivity index is 2.13. The van der Waals surface area contributed by atoms with E-state index in [1.165, 1.54) is 12.1 Å². The molecule has 0 bridgehead atoms. The van der Waals surface area contributed by atoms with Gasteiger partial charge in [-0.1, -0.05) is 25.2 Å². The molecule has 0 saturated carbocycles. The Kier molecular flexibility index (Phi) is 4.17. The van der Waals surface area contributed by atoms with E-state index in [1.807, 2.05) is 24.3 Å². The van der Waals surface area contributed by atoms with E-state index in [4.69, 9.17) is 9.84 Å². The van der Waals surface area contributed by atoms with Crippen LogP contribution in [0.1, 0.15) is 13.3 Å². The third kappa shape index (κ3) is 3.80. The molecule has 0 spiro atoms. The van der Waals surface area contributed by atoms with Crippen molar-refractivity contribution in [1.82, 2.24) is 0 Å². The first-order chi connectivity index (χ1) is 9.11. The predicted octanol–water partition coefficient (Wildman–Crippen LogP) is 3.60. The summed E-state index contributed by atoms with van der Waals surface area (Å²) in [5.74, 6) is 1.05. The highest BCUT2D eigenvalue weighted by atomic mass is 19.1. The smallest absolute Gasteiger partial charge is 0.127 e. The van der Waals surface area contributed by atoms with E-state index < -0.39 is 0 Å². The second kappa shape index (κ2) is 5.85. The monoisotopic (exact) mass is 260 g/mol. The average Bonchev–Trinajstić information content (AvgIpc) is 2.39. The van der Waals surface area contributed by atoms with Crippen LogP contribution < -0.4 is 4.74 Å². The molecule has 1 aliphatic rings. The first-order valence-electron chi connectivity index (χ1n) is 6.23. The Bertz CT molecular complexity index is 514. The number of aliphatic hydroxyl groups is 1. The zero-order valence-corrected chi connectivity index (χ0v) is 10.8. The standard InChI is InChI=1S/C16H17FO2/c1-16(10-3-11-18)9-2-4-15(12-16)19-14-7-5-13(17)6-8-14/h2-8,10,12,18H,9,11H2,1H3/b10-3+/t16-/m1/s1. The number of aliphatic hydroxyl groups excluding tert-OH is 1. The van der Waals surface area contributed by atoms with Gasteiger partial charge in [-0.3, -0.25) is 0 Å². The molecular formula is C16H17FO2. The fraction of sp³-hybridized carbons (Fsp3) is 0.250. The molecule has 1 atom stereocenters. The quantitative estimate of drug-likeness (QED) is 0.838. The van der Waals surface area contributed by atoms with Crippen LogP contribution in [0.2, 0.25) is 0 Å². The topological polar surface area (TPSA) is 29.5 Å². The number of rotatable bonds is 4. The van der Waals surface area contributed by atoms with Crippen molar-refractivity contribution in [3.8, 4) is 5.75 Å². The molecule has 0 aromatic heterocycles. The Morgan fingerprint density at radius 1 is 1.37 bits per heavy atom.